The maximum atomic E-state index is 13.9. The number of carbonyl (C=O) groups excluding carboxylic acids is 1. The van der Waals surface area contributed by atoms with Crippen molar-refractivity contribution in [1.29, 1.82) is 0 Å². The summed E-state index contributed by atoms with van der Waals surface area (Å²) < 4.78 is 43.0. The summed E-state index contributed by atoms with van der Waals surface area (Å²) in [7, 11) is -3.21. The van der Waals surface area contributed by atoms with Gasteiger partial charge in [-0.25, -0.2) is 12.8 Å². The highest BCUT2D eigenvalue weighted by Crippen LogP contribution is 2.25. The first-order valence-electron chi connectivity index (χ1n) is 10.5. The Morgan fingerprint density at radius 3 is 2.50 bits per heavy atom. The lowest BCUT2D eigenvalue weighted by Crippen LogP contribution is -2.44. The Bertz CT molecular complexity index is 1200. The van der Waals surface area contributed by atoms with Crippen LogP contribution in [-0.2, 0) is 9.84 Å². The molecular weight excluding hydrogens is 433 g/mol. The summed E-state index contributed by atoms with van der Waals surface area (Å²) >= 11 is 0. The van der Waals surface area contributed by atoms with Crippen LogP contribution in [0.4, 0.5) is 10.1 Å². The first-order valence-corrected chi connectivity index (χ1v) is 12.1. The Labute approximate surface area is 186 Å². The fourth-order valence-corrected chi connectivity index (χ4v) is 4.63. The van der Waals surface area contributed by atoms with Crippen LogP contribution in [-0.4, -0.2) is 44.4 Å². The van der Waals surface area contributed by atoms with E-state index >= 15 is 0 Å². The molecule has 1 amide bonds. The van der Waals surface area contributed by atoms with Crippen molar-refractivity contribution < 1.29 is 22.1 Å². The molecule has 0 bridgehead atoms. The maximum Gasteiger partial charge on any atom is 0.273 e. The minimum absolute atomic E-state index is 0.0212. The molecule has 7 nitrogen and oxygen atoms in total. The maximum absolute atomic E-state index is 13.9. The van der Waals surface area contributed by atoms with Gasteiger partial charge in [-0.15, -0.1) is 0 Å². The Kier molecular flexibility index (Phi) is 6.27. The summed E-state index contributed by atoms with van der Waals surface area (Å²) in [6.07, 6.45) is 1.47. The number of sulfone groups is 1. The number of nitrogens with zero attached hydrogens (tertiary/aromatic N) is 2. The molecule has 1 fully saturated rings. The van der Waals surface area contributed by atoms with E-state index in [1.165, 1.54) is 12.1 Å². The van der Waals surface area contributed by atoms with Crippen molar-refractivity contribution in [3.8, 4) is 11.3 Å². The van der Waals surface area contributed by atoms with Gasteiger partial charge in [0.1, 0.15) is 5.82 Å². The second kappa shape index (κ2) is 9.12. The number of benzene rings is 2. The van der Waals surface area contributed by atoms with Gasteiger partial charge in [0.2, 0.25) is 0 Å². The van der Waals surface area contributed by atoms with E-state index in [1.807, 2.05) is 12.1 Å². The molecule has 0 radical (unpaired) electrons. The van der Waals surface area contributed by atoms with Gasteiger partial charge in [-0.05, 0) is 49.2 Å². The molecule has 0 atom stereocenters. The average Bonchev–Trinajstić information content (AvgIpc) is 3.30. The van der Waals surface area contributed by atoms with Crippen molar-refractivity contribution in [2.75, 3.05) is 23.7 Å². The molecule has 2 heterocycles. The smallest absolute Gasteiger partial charge is 0.273 e. The van der Waals surface area contributed by atoms with Gasteiger partial charge in [0.15, 0.2) is 21.3 Å². The highest BCUT2D eigenvalue weighted by Gasteiger charge is 2.24. The van der Waals surface area contributed by atoms with Crippen molar-refractivity contribution in [2.24, 2.45) is 0 Å². The molecule has 1 saturated heterocycles. The zero-order valence-electron chi connectivity index (χ0n) is 17.6. The molecule has 1 aliphatic rings. The summed E-state index contributed by atoms with van der Waals surface area (Å²) in [6, 6.07) is 14.5. The topological polar surface area (TPSA) is 92.5 Å². The van der Waals surface area contributed by atoms with Crippen LogP contribution in [0.3, 0.4) is 0 Å². The highest BCUT2D eigenvalue weighted by atomic mass is 32.2. The number of aromatic nitrogens is 1. The van der Waals surface area contributed by atoms with Crippen molar-refractivity contribution in [3.63, 3.8) is 0 Å². The van der Waals surface area contributed by atoms with Gasteiger partial charge >= 0.3 is 0 Å². The van der Waals surface area contributed by atoms with Crippen molar-refractivity contribution in [3.05, 3.63) is 66.1 Å². The largest absolute Gasteiger partial charge is 0.371 e. The van der Waals surface area contributed by atoms with E-state index in [9.17, 15) is 17.6 Å². The third-order valence-corrected chi connectivity index (χ3v) is 7.40. The highest BCUT2D eigenvalue weighted by molar-refractivity contribution is 7.91. The number of piperidine rings is 1. The van der Waals surface area contributed by atoms with E-state index < -0.39 is 15.7 Å². The molecule has 168 valence electrons. The number of nitrogens with one attached hydrogen (secondary N) is 1. The van der Waals surface area contributed by atoms with Gasteiger partial charge in [-0.1, -0.05) is 24.2 Å². The van der Waals surface area contributed by atoms with Crippen LogP contribution in [0, 0.1) is 5.82 Å². The van der Waals surface area contributed by atoms with Gasteiger partial charge in [-0.3, -0.25) is 4.79 Å². The molecule has 1 aromatic heterocycles. The van der Waals surface area contributed by atoms with Crippen molar-refractivity contribution >= 4 is 21.4 Å². The number of rotatable bonds is 6. The van der Waals surface area contributed by atoms with Crippen LogP contribution in [0.25, 0.3) is 11.3 Å². The molecule has 0 unspecified atom stereocenters. The number of hydrogen-bond donors (Lipinski definition) is 1. The van der Waals surface area contributed by atoms with Gasteiger partial charge in [0, 0.05) is 30.9 Å². The van der Waals surface area contributed by atoms with Crippen molar-refractivity contribution in [2.45, 2.75) is 30.7 Å². The fraction of sp³-hybridized carbons (Fsp3) is 0.304. The predicted octanol–water partition coefficient (Wildman–Crippen LogP) is 3.67. The number of amides is 1. The molecule has 3 aromatic rings. The van der Waals surface area contributed by atoms with Crippen LogP contribution in [0.1, 0.15) is 30.3 Å². The number of carbonyl (C=O) groups is 1. The summed E-state index contributed by atoms with van der Waals surface area (Å²) in [4.78, 5) is 15.0. The normalized spacial score (nSPS) is 15.0. The van der Waals surface area contributed by atoms with Gasteiger partial charge in [-0.2, -0.15) is 0 Å². The quantitative estimate of drug-likeness (QED) is 0.607. The molecule has 0 spiro atoms. The summed E-state index contributed by atoms with van der Waals surface area (Å²) in [5.74, 6) is -0.520. The second-order valence-corrected chi connectivity index (χ2v) is 9.97. The second-order valence-electron chi connectivity index (χ2n) is 7.69. The minimum Gasteiger partial charge on any atom is -0.371 e. The number of anilines is 1. The monoisotopic (exact) mass is 457 g/mol. The van der Waals surface area contributed by atoms with Crippen LogP contribution in [0.15, 0.2) is 64.0 Å². The third-order valence-electron chi connectivity index (χ3n) is 5.65. The van der Waals surface area contributed by atoms with E-state index in [2.05, 4.69) is 15.4 Å². The van der Waals surface area contributed by atoms with Crippen LogP contribution >= 0.6 is 0 Å². The molecule has 0 aliphatic carbocycles. The summed E-state index contributed by atoms with van der Waals surface area (Å²) in [5, 5.41) is 6.75. The molecule has 32 heavy (non-hydrogen) atoms. The van der Waals surface area contributed by atoms with E-state index in [1.54, 1.807) is 37.3 Å². The van der Waals surface area contributed by atoms with Crippen LogP contribution < -0.4 is 10.2 Å². The molecule has 4 rings (SSSR count). The van der Waals surface area contributed by atoms with Gasteiger partial charge in [0.05, 0.1) is 16.2 Å². The number of hydrogen-bond acceptors (Lipinski definition) is 6. The zero-order valence-corrected chi connectivity index (χ0v) is 18.4. The predicted molar refractivity (Wildman–Crippen MR) is 119 cm³/mol. The summed E-state index contributed by atoms with van der Waals surface area (Å²) in [6.45, 7) is 3.08. The molecule has 0 saturated carbocycles. The number of halogens is 1. The summed E-state index contributed by atoms with van der Waals surface area (Å²) in [5.41, 5.74) is 1.32. The van der Waals surface area contributed by atoms with Crippen molar-refractivity contribution in [1.82, 2.24) is 10.5 Å². The Hall–Kier alpha value is -3.20. The average molecular weight is 458 g/mol. The Morgan fingerprint density at radius 2 is 1.84 bits per heavy atom. The Balaban J connectivity index is 1.33. The SMILES string of the molecule is CCS(=O)(=O)c1ccc(N2CCC(NC(=O)c3cc(-c4ccccc4F)on3)CC2)cc1. The zero-order chi connectivity index (χ0) is 22.7. The van der Waals surface area contributed by atoms with Crippen LogP contribution in [0.5, 0.6) is 0 Å². The lowest BCUT2D eigenvalue weighted by molar-refractivity contribution is 0.0922. The Morgan fingerprint density at radius 1 is 1.16 bits per heavy atom. The van der Waals surface area contributed by atoms with Gasteiger partial charge in [0.25, 0.3) is 5.91 Å². The first-order chi connectivity index (χ1) is 15.4. The van der Waals surface area contributed by atoms with Crippen LogP contribution in [0.2, 0.25) is 0 Å². The lowest BCUT2D eigenvalue weighted by atomic mass is 10.0. The van der Waals surface area contributed by atoms with Gasteiger partial charge < -0.3 is 14.7 Å². The van der Waals surface area contributed by atoms with E-state index in [0.29, 0.717) is 4.90 Å². The van der Waals surface area contributed by atoms with E-state index in [-0.39, 0.29) is 34.7 Å². The first kappa shape index (κ1) is 22.0. The third kappa shape index (κ3) is 4.67. The fourth-order valence-electron chi connectivity index (χ4n) is 3.74. The molecular formula is C23H24FN3O4S. The van der Waals surface area contributed by atoms with E-state index in [0.717, 1.165) is 31.6 Å². The van der Waals surface area contributed by atoms with E-state index in [4.69, 9.17) is 4.52 Å². The molecule has 1 N–H and O–H groups in total. The molecule has 1 aliphatic heterocycles. The lowest BCUT2D eigenvalue weighted by Gasteiger charge is -2.33. The standard InChI is InChI=1S/C23H24FN3O4S/c1-2-32(29,30)18-9-7-17(8-10-18)27-13-11-16(12-14-27)25-23(28)21-15-22(31-26-21)19-5-3-4-6-20(19)24/h3-10,15-16H,2,11-14H2,1H3,(H,25,28). The molecule has 2 aromatic carbocycles. The minimum atomic E-state index is -3.21. The molecule has 9 heteroatoms.